The normalized spacial score (nSPS) is 11.9. The molecule has 1 unspecified atom stereocenters. The van der Waals surface area contributed by atoms with E-state index in [1.54, 1.807) is 12.1 Å². The number of rotatable bonds is 7. The van der Waals surface area contributed by atoms with Gasteiger partial charge in [0, 0.05) is 11.5 Å². The number of nitrogens with zero attached hydrogens (tertiary/aromatic N) is 3. The minimum Gasteiger partial charge on any atom is -0.481 e. The van der Waals surface area contributed by atoms with Gasteiger partial charge >= 0.3 is 0 Å². The molecule has 3 aromatic rings. The minimum atomic E-state index is -0.346. The number of thioether (sulfide) groups is 1. The number of carbonyl (C=O) groups excluding carboxylic acids is 1. The van der Waals surface area contributed by atoms with E-state index in [0.717, 1.165) is 10.2 Å². The van der Waals surface area contributed by atoms with E-state index in [-0.39, 0.29) is 17.8 Å². The fourth-order valence-electron chi connectivity index (χ4n) is 2.47. The van der Waals surface area contributed by atoms with Gasteiger partial charge in [0.1, 0.15) is 5.75 Å². The lowest BCUT2D eigenvalue weighted by atomic mass is 10.3. The average molecular weight is 482 g/mol. The van der Waals surface area contributed by atoms with E-state index in [1.165, 1.54) is 11.8 Å². The van der Waals surface area contributed by atoms with Gasteiger partial charge in [-0.2, -0.15) is 0 Å². The van der Waals surface area contributed by atoms with Gasteiger partial charge < -0.3 is 14.6 Å². The van der Waals surface area contributed by atoms with Crippen LogP contribution in [0, 0.1) is 0 Å². The highest BCUT2D eigenvalue weighted by atomic mass is 79.9. The standard InChI is InChI=1S/C19H18BrClN4O2S/c1-12(27-16-10-6-4-8-14(16)21)18-23-24-19(25(18)2)28-11-17(26)22-15-9-5-3-7-13(15)20/h3-10,12H,11H2,1-2H3,(H,22,26). The Balaban J connectivity index is 1.60. The highest BCUT2D eigenvalue weighted by Gasteiger charge is 2.19. The van der Waals surface area contributed by atoms with Crippen LogP contribution in [0.5, 0.6) is 5.75 Å². The third kappa shape index (κ3) is 5.06. The van der Waals surface area contributed by atoms with E-state index < -0.39 is 0 Å². The van der Waals surface area contributed by atoms with Crippen LogP contribution in [-0.2, 0) is 11.8 Å². The largest absolute Gasteiger partial charge is 0.481 e. The van der Waals surface area contributed by atoms with Crippen LogP contribution < -0.4 is 10.1 Å². The Morgan fingerprint density at radius 1 is 1.25 bits per heavy atom. The van der Waals surface area contributed by atoms with Crippen molar-refractivity contribution < 1.29 is 9.53 Å². The number of benzene rings is 2. The molecule has 0 fully saturated rings. The number of ether oxygens (including phenoxy) is 1. The predicted molar refractivity (Wildman–Crippen MR) is 115 cm³/mol. The van der Waals surface area contributed by atoms with Crippen LogP contribution >= 0.6 is 39.3 Å². The predicted octanol–water partition coefficient (Wildman–Crippen LogP) is 5.10. The number of para-hydroxylation sites is 2. The first-order valence-electron chi connectivity index (χ1n) is 8.43. The summed E-state index contributed by atoms with van der Waals surface area (Å²) in [7, 11) is 1.84. The molecule has 0 aliphatic carbocycles. The lowest BCUT2D eigenvalue weighted by Gasteiger charge is -2.15. The molecule has 0 aliphatic rings. The molecule has 1 N–H and O–H groups in total. The van der Waals surface area contributed by atoms with Gasteiger partial charge in [-0.05, 0) is 47.1 Å². The maximum Gasteiger partial charge on any atom is 0.234 e. The van der Waals surface area contributed by atoms with Gasteiger partial charge in [-0.15, -0.1) is 10.2 Å². The lowest BCUT2D eigenvalue weighted by molar-refractivity contribution is -0.113. The van der Waals surface area contributed by atoms with Gasteiger partial charge in [0.25, 0.3) is 0 Å². The third-order valence-electron chi connectivity index (χ3n) is 3.85. The van der Waals surface area contributed by atoms with Crippen molar-refractivity contribution in [1.82, 2.24) is 14.8 Å². The quantitative estimate of drug-likeness (QED) is 0.475. The lowest BCUT2D eigenvalue weighted by Crippen LogP contribution is -2.15. The topological polar surface area (TPSA) is 69.0 Å². The number of anilines is 1. The van der Waals surface area contributed by atoms with Crippen LogP contribution in [0.25, 0.3) is 0 Å². The van der Waals surface area contributed by atoms with Crippen LogP contribution in [-0.4, -0.2) is 26.4 Å². The summed E-state index contributed by atoms with van der Waals surface area (Å²) in [6.07, 6.45) is -0.346. The molecular formula is C19H18BrClN4O2S. The van der Waals surface area contributed by atoms with E-state index >= 15 is 0 Å². The highest BCUT2D eigenvalue weighted by molar-refractivity contribution is 9.10. The van der Waals surface area contributed by atoms with Gasteiger partial charge in [-0.3, -0.25) is 4.79 Å². The smallest absolute Gasteiger partial charge is 0.234 e. The zero-order valence-corrected chi connectivity index (χ0v) is 18.4. The summed E-state index contributed by atoms with van der Waals surface area (Å²) in [5.41, 5.74) is 0.730. The molecule has 9 heteroatoms. The second kappa shape index (κ2) is 9.45. The fourth-order valence-corrected chi connectivity index (χ4v) is 3.75. The fraction of sp³-hybridized carbons (Fsp3) is 0.211. The zero-order valence-electron chi connectivity index (χ0n) is 15.2. The average Bonchev–Trinajstić information content (AvgIpc) is 3.04. The van der Waals surface area contributed by atoms with Gasteiger partial charge in [0.15, 0.2) is 17.1 Å². The summed E-state index contributed by atoms with van der Waals surface area (Å²) in [5.74, 6) is 1.32. The minimum absolute atomic E-state index is 0.123. The molecule has 6 nitrogen and oxygen atoms in total. The molecule has 1 heterocycles. The summed E-state index contributed by atoms with van der Waals surface area (Å²) < 4.78 is 8.54. The van der Waals surface area contributed by atoms with Crippen molar-refractivity contribution in [3.05, 3.63) is 63.9 Å². The Bertz CT molecular complexity index is 982. The molecule has 0 spiro atoms. The van der Waals surface area contributed by atoms with Gasteiger partial charge in [0.2, 0.25) is 5.91 Å². The van der Waals surface area contributed by atoms with Crippen LogP contribution in [0.4, 0.5) is 5.69 Å². The van der Waals surface area contributed by atoms with Crippen molar-refractivity contribution in [3.8, 4) is 5.75 Å². The molecule has 3 rings (SSSR count). The maximum atomic E-state index is 12.2. The third-order valence-corrected chi connectivity index (χ3v) is 5.88. The summed E-state index contributed by atoms with van der Waals surface area (Å²) in [5, 5.41) is 12.4. The van der Waals surface area contributed by atoms with Gasteiger partial charge in [0.05, 0.1) is 16.5 Å². The van der Waals surface area contributed by atoms with Crippen LogP contribution in [0.3, 0.4) is 0 Å². The molecule has 1 atom stereocenters. The van der Waals surface area contributed by atoms with Crippen molar-refractivity contribution >= 4 is 50.9 Å². The van der Waals surface area contributed by atoms with Gasteiger partial charge in [-0.1, -0.05) is 47.6 Å². The van der Waals surface area contributed by atoms with E-state index in [9.17, 15) is 4.79 Å². The van der Waals surface area contributed by atoms with Crippen LogP contribution in [0.15, 0.2) is 58.2 Å². The molecule has 1 amide bonds. The Morgan fingerprint density at radius 3 is 2.71 bits per heavy atom. The molecule has 2 aromatic carbocycles. The van der Waals surface area contributed by atoms with E-state index in [2.05, 4.69) is 31.4 Å². The monoisotopic (exact) mass is 480 g/mol. The number of nitrogens with one attached hydrogen (secondary N) is 1. The van der Waals surface area contributed by atoms with Crippen molar-refractivity contribution in [2.75, 3.05) is 11.1 Å². The molecular weight excluding hydrogens is 464 g/mol. The first kappa shape index (κ1) is 20.7. The first-order valence-corrected chi connectivity index (χ1v) is 10.6. The number of amides is 1. The van der Waals surface area contributed by atoms with Crippen molar-refractivity contribution in [2.45, 2.75) is 18.2 Å². The summed E-state index contributed by atoms with van der Waals surface area (Å²) >= 11 is 10.9. The highest BCUT2D eigenvalue weighted by Crippen LogP contribution is 2.29. The molecule has 0 bridgehead atoms. The Morgan fingerprint density at radius 2 is 1.96 bits per heavy atom. The molecule has 28 heavy (non-hydrogen) atoms. The summed E-state index contributed by atoms with van der Waals surface area (Å²) in [4.78, 5) is 12.2. The van der Waals surface area contributed by atoms with E-state index in [4.69, 9.17) is 16.3 Å². The Labute approximate surface area is 180 Å². The van der Waals surface area contributed by atoms with Gasteiger partial charge in [-0.25, -0.2) is 0 Å². The first-order chi connectivity index (χ1) is 13.5. The Kier molecular flexibility index (Phi) is 6.98. The number of carbonyl (C=O) groups is 1. The van der Waals surface area contributed by atoms with Crippen molar-refractivity contribution in [3.63, 3.8) is 0 Å². The van der Waals surface area contributed by atoms with Crippen LogP contribution in [0.2, 0.25) is 5.02 Å². The molecule has 0 radical (unpaired) electrons. The van der Waals surface area contributed by atoms with Crippen molar-refractivity contribution in [1.29, 1.82) is 0 Å². The molecule has 0 saturated heterocycles. The summed E-state index contributed by atoms with van der Waals surface area (Å²) in [6.45, 7) is 1.88. The van der Waals surface area contributed by atoms with E-state index in [1.807, 2.05) is 54.9 Å². The van der Waals surface area contributed by atoms with E-state index in [0.29, 0.717) is 21.8 Å². The second-order valence-electron chi connectivity index (χ2n) is 5.91. The second-order valence-corrected chi connectivity index (χ2v) is 8.11. The number of hydrogen-bond acceptors (Lipinski definition) is 5. The summed E-state index contributed by atoms with van der Waals surface area (Å²) in [6, 6.07) is 14.7. The number of hydrogen-bond donors (Lipinski definition) is 1. The molecule has 0 aliphatic heterocycles. The van der Waals surface area contributed by atoms with Crippen LogP contribution in [0.1, 0.15) is 18.9 Å². The Hall–Kier alpha value is -2.03. The molecule has 0 saturated carbocycles. The molecule has 146 valence electrons. The number of aromatic nitrogens is 3. The maximum absolute atomic E-state index is 12.2. The number of halogens is 2. The SMILES string of the molecule is CC(Oc1ccccc1Cl)c1nnc(SCC(=O)Nc2ccccc2Br)n1C. The zero-order chi connectivity index (χ0) is 20.1. The van der Waals surface area contributed by atoms with Crippen molar-refractivity contribution in [2.24, 2.45) is 7.05 Å². The molecule has 1 aromatic heterocycles.